The molecule has 0 bridgehead atoms. The Morgan fingerprint density at radius 1 is 1.05 bits per heavy atom. The highest BCUT2D eigenvalue weighted by Gasteiger charge is 2.11. The lowest BCUT2D eigenvalue weighted by Crippen LogP contribution is -2.17. The zero-order chi connectivity index (χ0) is 15.8. The number of hydrogen-bond acceptors (Lipinski definition) is 5. The van der Waals surface area contributed by atoms with E-state index in [9.17, 15) is 4.79 Å². The number of benzene rings is 2. The van der Waals surface area contributed by atoms with Crippen molar-refractivity contribution in [3.63, 3.8) is 0 Å². The van der Waals surface area contributed by atoms with Gasteiger partial charge in [-0.1, -0.05) is 42.5 Å². The predicted octanol–water partition coefficient (Wildman–Crippen LogP) is 3.69. The Morgan fingerprint density at radius 2 is 1.68 bits per heavy atom. The molecule has 0 saturated carbocycles. The third-order valence-electron chi connectivity index (χ3n) is 2.97. The number of carbonyl (C=O) groups is 1. The van der Waals surface area contributed by atoms with Gasteiger partial charge in [0.25, 0.3) is 5.90 Å². The van der Waals surface area contributed by atoms with Crippen molar-refractivity contribution < 1.29 is 9.53 Å². The van der Waals surface area contributed by atoms with E-state index in [0.717, 1.165) is 11.3 Å². The van der Waals surface area contributed by atoms with Gasteiger partial charge in [0, 0.05) is 17.1 Å². The van der Waals surface area contributed by atoms with Gasteiger partial charge >= 0.3 is 0 Å². The number of carbonyl (C=O) groups excluding carboxylic acids is 1. The second-order valence-electron chi connectivity index (χ2n) is 4.58. The number of nitrogens with one attached hydrogen (secondary N) is 2. The maximum atomic E-state index is 11.6. The number of Topliss-reactive ketones (excluding diaryl/α,β-unsaturated/α-hetero) is 1. The lowest BCUT2D eigenvalue weighted by atomic mass is 10.1. The molecule has 0 aliphatic rings. The van der Waals surface area contributed by atoms with Gasteiger partial charge in [-0.05, 0) is 23.3 Å². The third kappa shape index (κ3) is 4.86. The van der Waals surface area contributed by atoms with Crippen LogP contribution in [0.1, 0.15) is 11.1 Å². The summed E-state index contributed by atoms with van der Waals surface area (Å²) < 4.78 is 4.46. The molecule has 2 rings (SSSR count). The lowest BCUT2D eigenvalue weighted by molar-refractivity contribution is -0.113. The highest BCUT2D eigenvalue weighted by Crippen LogP contribution is 2.22. The summed E-state index contributed by atoms with van der Waals surface area (Å²) in [6.45, 7) is 0. The minimum atomic E-state index is -0.501. The van der Waals surface area contributed by atoms with Crippen LogP contribution < -0.4 is 0 Å². The Kier molecular flexibility index (Phi) is 5.91. The van der Waals surface area contributed by atoms with Crippen LogP contribution in [0.2, 0.25) is 0 Å². The Morgan fingerprint density at radius 3 is 2.32 bits per heavy atom. The molecule has 0 spiro atoms. The molecule has 0 fully saturated rings. The van der Waals surface area contributed by atoms with E-state index in [1.54, 1.807) is 11.8 Å². The summed E-state index contributed by atoms with van der Waals surface area (Å²) in [7, 11) is 0. The summed E-state index contributed by atoms with van der Waals surface area (Å²) in [4.78, 5) is 12.9. The smallest absolute Gasteiger partial charge is 0.257 e. The average Bonchev–Trinajstić information content (AvgIpc) is 2.55. The number of ether oxygens (including phenoxy) is 1. The highest BCUT2D eigenvalue weighted by molar-refractivity contribution is 7.98. The van der Waals surface area contributed by atoms with Gasteiger partial charge < -0.3 is 4.74 Å². The van der Waals surface area contributed by atoms with Crippen LogP contribution >= 0.6 is 11.8 Å². The predicted molar refractivity (Wildman–Crippen MR) is 88.8 cm³/mol. The number of thioether (sulfide) groups is 1. The van der Waals surface area contributed by atoms with E-state index in [0.29, 0.717) is 6.40 Å². The van der Waals surface area contributed by atoms with Gasteiger partial charge in [0.1, 0.15) is 0 Å². The fraction of sp³-hybridized carbons (Fsp3) is 0.118. The summed E-state index contributed by atoms with van der Waals surface area (Å²) in [5.74, 6) is -0.0704. The van der Waals surface area contributed by atoms with Crippen LogP contribution in [0.15, 0.2) is 59.5 Å². The van der Waals surface area contributed by atoms with Gasteiger partial charge in [0.15, 0.2) is 6.40 Å². The molecular formula is C17H16N2O2S. The molecule has 22 heavy (non-hydrogen) atoms. The maximum absolute atomic E-state index is 11.6. The molecule has 0 aromatic heterocycles. The molecule has 0 aliphatic heterocycles. The summed E-state index contributed by atoms with van der Waals surface area (Å²) in [6.07, 6.45) is 0.697. The van der Waals surface area contributed by atoms with Gasteiger partial charge in [-0.2, -0.15) is 0 Å². The average molecular weight is 312 g/mol. The molecule has 0 unspecified atom stereocenters. The second kappa shape index (κ2) is 8.14. The van der Waals surface area contributed by atoms with Gasteiger partial charge in [-0.25, -0.2) is 0 Å². The standard InChI is InChI=1S/C17H16N2O2S/c18-12-21-17(19)16(20)10-13-6-8-14(9-7-13)11-22-15-4-2-1-3-5-15/h1-9,12,18-19H,10-11H2. The summed E-state index contributed by atoms with van der Waals surface area (Å²) >= 11 is 1.76. The van der Waals surface area contributed by atoms with E-state index in [2.05, 4.69) is 16.9 Å². The Labute approximate surface area is 133 Å². The number of ketones is 1. The van der Waals surface area contributed by atoms with E-state index in [1.165, 1.54) is 10.5 Å². The zero-order valence-corrected chi connectivity index (χ0v) is 12.7. The van der Waals surface area contributed by atoms with Crippen molar-refractivity contribution in [2.24, 2.45) is 0 Å². The van der Waals surface area contributed by atoms with Gasteiger partial charge in [0.05, 0.1) is 0 Å². The van der Waals surface area contributed by atoms with Crippen molar-refractivity contribution in [2.75, 3.05) is 0 Å². The summed E-state index contributed by atoms with van der Waals surface area (Å²) in [5.41, 5.74) is 2.01. The Balaban J connectivity index is 1.89. The fourth-order valence-electron chi connectivity index (χ4n) is 1.83. The molecule has 4 nitrogen and oxygen atoms in total. The molecule has 5 heteroatoms. The SMILES string of the molecule is N=COC(=N)C(=O)Cc1ccc(CSc2ccccc2)cc1. The van der Waals surface area contributed by atoms with E-state index < -0.39 is 11.7 Å². The van der Waals surface area contributed by atoms with E-state index >= 15 is 0 Å². The number of hydrogen-bond donors (Lipinski definition) is 2. The highest BCUT2D eigenvalue weighted by atomic mass is 32.2. The van der Waals surface area contributed by atoms with Crippen LogP contribution in [0.25, 0.3) is 0 Å². The van der Waals surface area contributed by atoms with E-state index in [1.807, 2.05) is 42.5 Å². The van der Waals surface area contributed by atoms with Crippen molar-refractivity contribution >= 4 is 29.8 Å². The molecule has 0 saturated heterocycles. The first kappa shape index (κ1) is 16.0. The quantitative estimate of drug-likeness (QED) is 0.465. The first-order valence-corrected chi connectivity index (χ1v) is 7.70. The topological polar surface area (TPSA) is 74.0 Å². The van der Waals surface area contributed by atoms with Gasteiger partial charge in [-0.3, -0.25) is 15.6 Å². The van der Waals surface area contributed by atoms with Crippen molar-refractivity contribution in [3.05, 3.63) is 65.7 Å². The van der Waals surface area contributed by atoms with Crippen molar-refractivity contribution in [1.29, 1.82) is 10.8 Å². The molecule has 2 aromatic carbocycles. The molecule has 2 N–H and O–H groups in total. The molecule has 2 aromatic rings. The molecule has 0 aliphatic carbocycles. The van der Waals surface area contributed by atoms with Crippen LogP contribution in [0.5, 0.6) is 0 Å². The van der Waals surface area contributed by atoms with E-state index in [-0.39, 0.29) is 6.42 Å². The molecule has 0 heterocycles. The normalized spacial score (nSPS) is 10.0. The maximum Gasteiger partial charge on any atom is 0.257 e. The van der Waals surface area contributed by atoms with Crippen molar-refractivity contribution in [2.45, 2.75) is 17.1 Å². The van der Waals surface area contributed by atoms with Crippen molar-refractivity contribution in [1.82, 2.24) is 0 Å². The Hall–Kier alpha value is -2.40. The molecule has 0 amide bonds. The molecule has 0 atom stereocenters. The zero-order valence-electron chi connectivity index (χ0n) is 11.9. The van der Waals surface area contributed by atoms with Crippen LogP contribution in [0.3, 0.4) is 0 Å². The largest absolute Gasteiger partial charge is 0.425 e. The van der Waals surface area contributed by atoms with Crippen LogP contribution in [-0.4, -0.2) is 18.1 Å². The van der Waals surface area contributed by atoms with Gasteiger partial charge in [-0.15, -0.1) is 11.8 Å². The molecule has 0 radical (unpaired) electrons. The van der Waals surface area contributed by atoms with Crippen LogP contribution in [0, 0.1) is 10.8 Å². The van der Waals surface area contributed by atoms with Crippen molar-refractivity contribution in [3.8, 4) is 0 Å². The van der Waals surface area contributed by atoms with E-state index in [4.69, 9.17) is 10.8 Å². The first-order valence-electron chi connectivity index (χ1n) is 6.72. The Bertz CT molecular complexity index is 654. The first-order chi connectivity index (χ1) is 10.7. The second-order valence-corrected chi connectivity index (χ2v) is 5.63. The monoisotopic (exact) mass is 312 g/mol. The summed E-state index contributed by atoms with van der Waals surface area (Å²) in [5, 5.41) is 14.0. The van der Waals surface area contributed by atoms with Crippen LogP contribution in [-0.2, 0) is 21.7 Å². The van der Waals surface area contributed by atoms with Gasteiger partial charge in [0.2, 0.25) is 5.78 Å². The summed E-state index contributed by atoms with van der Waals surface area (Å²) in [6, 6.07) is 17.9. The lowest BCUT2D eigenvalue weighted by Gasteiger charge is -2.05. The third-order valence-corrected chi connectivity index (χ3v) is 4.05. The number of rotatable bonds is 7. The molecular weight excluding hydrogens is 296 g/mol. The van der Waals surface area contributed by atoms with Crippen LogP contribution in [0.4, 0.5) is 0 Å². The minimum Gasteiger partial charge on any atom is -0.425 e. The fourth-order valence-corrected chi connectivity index (χ4v) is 2.70. The molecule has 112 valence electrons. The minimum absolute atomic E-state index is 0.110.